The Balaban J connectivity index is 1.20. The molecule has 0 radical (unpaired) electrons. The van der Waals surface area contributed by atoms with Crippen molar-refractivity contribution in [2.24, 2.45) is 0 Å². The van der Waals surface area contributed by atoms with Gasteiger partial charge in [0.2, 0.25) is 0 Å². The highest BCUT2D eigenvalue weighted by Gasteiger charge is 2.26. The van der Waals surface area contributed by atoms with Crippen molar-refractivity contribution in [1.82, 2.24) is 0 Å². The Hall–Kier alpha value is -6.12. The number of rotatable bonds is 5. The van der Waals surface area contributed by atoms with Crippen LogP contribution in [-0.2, 0) is 5.41 Å². The van der Waals surface area contributed by atoms with Crippen molar-refractivity contribution in [1.29, 1.82) is 0 Å². The van der Waals surface area contributed by atoms with Gasteiger partial charge in [0.25, 0.3) is 0 Å². The van der Waals surface area contributed by atoms with Gasteiger partial charge in [0, 0.05) is 33.6 Å². The van der Waals surface area contributed by atoms with Crippen LogP contribution in [0.5, 0.6) is 0 Å². The molecule has 0 N–H and O–H groups in total. The van der Waals surface area contributed by atoms with Gasteiger partial charge in [-0.05, 0) is 97.4 Å². The fourth-order valence-electron chi connectivity index (χ4n) is 7.54. The first-order chi connectivity index (χ1) is 24.4. The Bertz CT molecular complexity index is 2690. The third-order valence-corrected chi connectivity index (χ3v) is 9.91. The Morgan fingerprint density at radius 2 is 1.02 bits per heavy atom. The predicted octanol–water partition coefficient (Wildman–Crippen LogP) is 14.0. The summed E-state index contributed by atoms with van der Waals surface area (Å²) < 4.78 is 6.63. The van der Waals surface area contributed by atoms with Crippen LogP contribution < -0.4 is 4.90 Å². The van der Waals surface area contributed by atoms with Crippen molar-refractivity contribution in [2.75, 3.05) is 4.90 Å². The van der Waals surface area contributed by atoms with Gasteiger partial charge in [-0.1, -0.05) is 142 Å². The maximum absolute atomic E-state index is 6.63. The van der Waals surface area contributed by atoms with E-state index in [1.807, 2.05) is 6.07 Å². The standard InChI is InChI=1S/C48H37NO/c1-48(2,3)46-44-17-8-9-18-45(44)50-47(46)38-14-10-15-40(31-38)49(41-27-28-43-37(30-41)22-20-34-12-6-7-16-42(34)43)39-25-23-33(24-26-39)36-21-19-32-11-4-5-13-35(32)29-36/h4-31H,1-3H3. The molecule has 0 spiro atoms. The molecule has 0 fully saturated rings. The van der Waals surface area contributed by atoms with Crippen LogP contribution in [0.4, 0.5) is 17.1 Å². The molecule has 1 heterocycles. The number of benzene rings is 8. The minimum Gasteiger partial charge on any atom is -0.456 e. The van der Waals surface area contributed by atoms with Crippen LogP contribution in [0.3, 0.4) is 0 Å². The Morgan fingerprint density at radius 1 is 0.400 bits per heavy atom. The van der Waals surface area contributed by atoms with Crippen LogP contribution in [0.25, 0.3) is 65.7 Å². The van der Waals surface area contributed by atoms with Crippen LogP contribution in [0.1, 0.15) is 26.3 Å². The maximum atomic E-state index is 6.63. The number of fused-ring (bicyclic) bond motifs is 5. The molecule has 0 atom stereocenters. The lowest BCUT2D eigenvalue weighted by Crippen LogP contribution is -2.12. The number of nitrogens with zero attached hydrogens (tertiary/aromatic N) is 1. The first kappa shape index (κ1) is 30.0. The molecule has 50 heavy (non-hydrogen) atoms. The van der Waals surface area contributed by atoms with Gasteiger partial charge in [-0.3, -0.25) is 0 Å². The first-order valence-corrected chi connectivity index (χ1v) is 17.3. The van der Waals surface area contributed by atoms with Gasteiger partial charge < -0.3 is 9.32 Å². The Morgan fingerprint density at radius 3 is 1.84 bits per heavy atom. The molecule has 240 valence electrons. The number of hydrogen-bond donors (Lipinski definition) is 0. The van der Waals surface area contributed by atoms with E-state index in [1.165, 1.54) is 54.4 Å². The van der Waals surface area contributed by atoms with Crippen LogP contribution in [0.2, 0.25) is 0 Å². The van der Waals surface area contributed by atoms with Crippen molar-refractivity contribution >= 4 is 60.3 Å². The minimum absolute atomic E-state index is 0.0999. The van der Waals surface area contributed by atoms with E-state index in [2.05, 4.69) is 189 Å². The number of para-hydroxylation sites is 1. The molecule has 9 aromatic rings. The van der Waals surface area contributed by atoms with E-state index in [0.717, 1.165) is 34.0 Å². The molecule has 0 aliphatic carbocycles. The van der Waals surface area contributed by atoms with E-state index in [4.69, 9.17) is 4.42 Å². The summed E-state index contributed by atoms with van der Waals surface area (Å²) in [6.45, 7) is 6.79. The van der Waals surface area contributed by atoms with Gasteiger partial charge in [-0.2, -0.15) is 0 Å². The van der Waals surface area contributed by atoms with Crippen LogP contribution in [0, 0.1) is 0 Å². The zero-order chi connectivity index (χ0) is 33.8. The first-order valence-electron chi connectivity index (χ1n) is 17.3. The van der Waals surface area contributed by atoms with Crippen molar-refractivity contribution in [3.63, 3.8) is 0 Å². The number of furan rings is 1. The summed E-state index contributed by atoms with van der Waals surface area (Å²) in [5, 5.41) is 8.65. The van der Waals surface area contributed by atoms with E-state index < -0.39 is 0 Å². The lowest BCUT2D eigenvalue weighted by Gasteiger charge is -2.27. The van der Waals surface area contributed by atoms with Gasteiger partial charge in [0.1, 0.15) is 11.3 Å². The number of hydrogen-bond acceptors (Lipinski definition) is 2. The third kappa shape index (κ3) is 5.21. The van der Waals surface area contributed by atoms with E-state index in [0.29, 0.717) is 0 Å². The SMILES string of the molecule is CC(C)(C)c1c(-c2cccc(N(c3ccc(-c4ccc5ccccc5c4)cc3)c3ccc4c(ccc5ccccc54)c3)c2)oc2ccccc12. The van der Waals surface area contributed by atoms with E-state index in [1.54, 1.807) is 0 Å². The normalized spacial score (nSPS) is 11.9. The summed E-state index contributed by atoms with van der Waals surface area (Å²) in [7, 11) is 0. The molecule has 8 aromatic carbocycles. The molecular weight excluding hydrogens is 607 g/mol. The van der Waals surface area contributed by atoms with E-state index in [9.17, 15) is 0 Å². The molecule has 2 nitrogen and oxygen atoms in total. The average molecular weight is 644 g/mol. The second-order valence-electron chi connectivity index (χ2n) is 14.2. The van der Waals surface area contributed by atoms with Gasteiger partial charge in [0.05, 0.1) is 0 Å². The molecule has 0 unspecified atom stereocenters. The second-order valence-corrected chi connectivity index (χ2v) is 14.2. The molecule has 9 rings (SSSR count). The summed E-state index contributed by atoms with van der Waals surface area (Å²) in [6.07, 6.45) is 0. The zero-order valence-electron chi connectivity index (χ0n) is 28.5. The molecular formula is C48H37NO. The minimum atomic E-state index is -0.0999. The summed E-state index contributed by atoms with van der Waals surface area (Å²) >= 11 is 0. The van der Waals surface area contributed by atoms with Crippen LogP contribution in [0.15, 0.2) is 174 Å². The third-order valence-electron chi connectivity index (χ3n) is 9.91. The predicted molar refractivity (Wildman–Crippen MR) is 213 cm³/mol. The van der Waals surface area contributed by atoms with E-state index >= 15 is 0 Å². The fourth-order valence-corrected chi connectivity index (χ4v) is 7.54. The quantitative estimate of drug-likeness (QED) is 0.174. The zero-order valence-corrected chi connectivity index (χ0v) is 28.5. The summed E-state index contributed by atoms with van der Waals surface area (Å²) in [6, 6.07) is 61.3. The molecule has 0 saturated carbocycles. The van der Waals surface area contributed by atoms with Gasteiger partial charge >= 0.3 is 0 Å². The molecule has 0 bridgehead atoms. The highest BCUT2D eigenvalue weighted by molar-refractivity contribution is 6.08. The Kier molecular flexibility index (Phi) is 7.07. The fraction of sp³-hybridized carbons (Fsp3) is 0.0833. The molecule has 0 aliphatic heterocycles. The van der Waals surface area contributed by atoms with Gasteiger partial charge in [0.15, 0.2) is 0 Å². The lowest BCUT2D eigenvalue weighted by atomic mass is 9.83. The second kappa shape index (κ2) is 11.8. The van der Waals surface area contributed by atoms with Crippen molar-refractivity contribution in [3.8, 4) is 22.5 Å². The van der Waals surface area contributed by atoms with Crippen LogP contribution in [-0.4, -0.2) is 0 Å². The molecule has 1 aromatic heterocycles. The monoisotopic (exact) mass is 643 g/mol. The maximum Gasteiger partial charge on any atom is 0.139 e. The summed E-state index contributed by atoms with van der Waals surface area (Å²) in [5.41, 5.74) is 8.77. The largest absolute Gasteiger partial charge is 0.456 e. The van der Waals surface area contributed by atoms with Gasteiger partial charge in [-0.15, -0.1) is 0 Å². The molecule has 0 amide bonds. The Labute approximate surface area is 292 Å². The van der Waals surface area contributed by atoms with Crippen molar-refractivity contribution in [2.45, 2.75) is 26.2 Å². The highest BCUT2D eigenvalue weighted by atomic mass is 16.3. The van der Waals surface area contributed by atoms with Crippen molar-refractivity contribution in [3.05, 3.63) is 175 Å². The van der Waals surface area contributed by atoms with Gasteiger partial charge in [-0.25, -0.2) is 0 Å². The smallest absolute Gasteiger partial charge is 0.139 e. The molecule has 2 heteroatoms. The molecule has 0 aliphatic rings. The highest BCUT2D eigenvalue weighted by Crippen LogP contribution is 2.44. The summed E-state index contributed by atoms with van der Waals surface area (Å²) in [5.74, 6) is 0.928. The number of anilines is 3. The molecule has 0 saturated heterocycles. The van der Waals surface area contributed by atoms with Crippen molar-refractivity contribution < 1.29 is 4.42 Å². The average Bonchev–Trinajstić information content (AvgIpc) is 3.56. The summed E-state index contributed by atoms with van der Waals surface area (Å²) in [4.78, 5) is 2.36. The van der Waals surface area contributed by atoms with E-state index in [-0.39, 0.29) is 5.41 Å². The van der Waals surface area contributed by atoms with Crippen LogP contribution >= 0.6 is 0 Å². The lowest BCUT2D eigenvalue weighted by molar-refractivity contribution is 0.568. The topological polar surface area (TPSA) is 16.4 Å².